The molecule has 10 nitrogen and oxygen atoms in total. The molecule has 0 radical (unpaired) electrons. The molecule has 0 unspecified atom stereocenters. The van der Waals surface area contributed by atoms with Crippen LogP contribution in [0.5, 0.6) is 6.01 Å². The third-order valence-electron chi connectivity index (χ3n) is 4.57. The van der Waals surface area contributed by atoms with Crippen LogP contribution in [0.2, 0.25) is 0 Å². The predicted octanol–water partition coefficient (Wildman–Crippen LogP) is 2.69. The number of hydrogen-bond acceptors (Lipinski definition) is 7. The normalized spacial score (nSPS) is 18.9. The zero-order chi connectivity index (χ0) is 20.1. The molecule has 1 fully saturated rings. The highest BCUT2D eigenvalue weighted by molar-refractivity contribution is 6.66. The van der Waals surface area contributed by atoms with E-state index in [2.05, 4.69) is 25.3 Å². The van der Waals surface area contributed by atoms with Crippen molar-refractivity contribution >= 4 is 28.9 Å². The topological polar surface area (TPSA) is 130 Å². The van der Waals surface area contributed by atoms with Gasteiger partial charge in [-0.3, -0.25) is 14.7 Å². The van der Waals surface area contributed by atoms with Crippen molar-refractivity contribution in [1.29, 1.82) is 0 Å². The molecule has 2 heterocycles. The Kier molecular flexibility index (Phi) is 6.19. The Morgan fingerprint density at radius 1 is 1.11 bits per heavy atom. The van der Waals surface area contributed by atoms with Crippen LogP contribution in [0.1, 0.15) is 25.7 Å². The van der Waals surface area contributed by atoms with Gasteiger partial charge in [0, 0.05) is 30.0 Å². The summed E-state index contributed by atoms with van der Waals surface area (Å²) in [5, 5.41) is 10.7. The molecule has 0 saturated heterocycles. The van der Waals surface area contributed by atoms with Gasteiger partial charge in [-0.25, -0.2) is 19.7 Å². The number of amides is 2. The van der Waals surface area contributed by atoms with E-state index in [0.29, 0.717) is 42.8 Å². The number of carbonyl (C=O) groups is 2. The monoisotopic (exact) mass is 406 g/mol. The number of aromatic nitrogens is 4. The minimum absolute atomic E-state index is 0.121. The molecule has 1 aliphatic rings. The van der Waals surface area contributed by atoms with E-state index in [1.54, 1.807) is 12.4 Å². The lowest BCUT2D eigenvalue weighted by Gasteiger charge is -2.34. The predicted molar refractivity (Wildman–Crippen MR) is 101 cm³/mol. The van der Waals surface area contributed by atoms with Crippen molar-refractivity contribution in [2.75, 3.05) is 12.0 Å². The van der Waals surface area contributed by atoms with Crippen molar-refractivity contribution in [1.82, 2.24) is 25.3 Å². The van der Waals surface area contributed by atoms with Gasteiger partial charge in [0.25, 0.3) is 0 Å². The second-order valence-corrected chi connectivity index (χ2v) is 6.62. The Morgan fingerprint density at radius 3 is 2.29 bits per heavy atom. The zero-order valence-electron chi connectivity index (χ0n) is 15.1. The highest BCUT2D eigenvalue weighted by atomic mass is 35.5. The van der Waals surface area contributed by atoms with Gasteiger partial charge in [0.1, 0.15) is 0 Å². The fourth-order valence-corrected chi connectivity index (χ4v) is 3.45. The van der Waals surface area contributed by atoms with Crippen LogP contribution >= 0.6 is 11.6 Å². The summed E-state index contributed by atoms with van der Waals surface area (Å²) >= 11 is 5.80. The molecule has 0 aliphatic heterocycles. The zero-order valence-corrected chi connectivity index (χ0v) is 15.8. The third kappa shape index (κ3) is 4.63. The summed E-state index contributed by atoms with van der Waals surface area (Å²) in [4.78, 5) is 40.9. The minimum atomic E-state index is -1.04. The van der Waals surface area contributed by atoms with E-state index in [1.165, 1.54) is 24.4 Å². The SMILES string of the molecule is COc1ncc(-c2cnc(N(C(=O)Cl)C3CCC(NC(=O)O)CC3)cn2)cn1. The maximum Gasteiger partial charge on any atom is 0.404 e. The molecule has 148 valence electrons. The Morgan fingerprint density at radius 2 is 1.79 bits per heavy atom. The van der Waals surface area contributed by atoms with E-state index in [-0.39, 0.29) is 18.1 Å². The van der Waals surface area contributed by atoms with Gasteiger partial charge in [0.15, 0.2) is 5.82 Å². The number of anilines is 1. The number of nitrogens with one attached hydrogen (secondary N) is 1. The molecule has 2 N–H and O–H groups in total. The number of rotatable bonds is 5. The van der Waals surface area contributed by atoms with E-state index >= 15 is 0 Å². The summed E-state index contributed by atoms with van der Waals surface area (Å²) in [7, 11) is 1.48. The largest absolute Gasteiger partial charge is 0.467 e. The molecule has 2 aromatic rings. The summed E-state index contributed by atoms with van der Waals surface area (Å²) in [5.41, 5.74) is 1.20. The van der Waals surface area contributed by atoms with Gasteiger partial charge in [0.05, 0.1) is 25.2 Å². The molecule has 3 rings (SSSR count). The number of methoxy groups -OCH3 is 1. The average Bonchev–Trinajstić information content (AvgIpc) is 2.69. The second-order valence-electron chi connectivity index (χ2n) is 6.30. The lowest BCUT2D eigenvalue weighted by molar-refractivity contribution is 0.184. The van der Waals surface area contributed by atoms with Crippen LogP contribution in [0.3, 0.4) is 0 Å². The summed E-state index contributed by atoms with van der Waals surface area (Å²) in [5.74, 6) is 0.341. The smallest absolute Gasteiger partial charge is 0.404 e. The molecule has 11 heteroatoms. The fraction of sp³-hybridized carbons (Fsp3) is 0.412. The van der Waals surface area contributed by atoms with Crippen LogP contribution in [0, 0.1) is 0 Å². The molecule has 2 aromatic heterocycles. The standard InChI is InChI=1S/C17H19ClN6O4/c1-28-16-21-6-10(7-22-16)13-8-20-14(9-19-13)24(15(18)25)12-4-2-11(3-5-12)23-17(26)27/h6-9,11-12,23H,2-5H2,1H3,(H,26,27). The fourth-order valence-electron chi connectivity index (χ4n) is 3.22. The van der Waals surface area contributed by atoms with Gasteiger partial charge < -0.3 is 15.2 Å². The molecule has 1 saturated carbocycles. The van der Waals surface area contributed by atoms with Gasteiger partial charge in [-0.1, -0.05) is 0 Å². The van der Waals surface area contributed by atoms with Crippen molar-refractivity contribution in [3.63, 3.8) is 0 Å². The Hall–Kier alpha value is -3.01. The summed E-state index contributed by atoms with van der Waals surface area (Å²) < 4.78 is 4.92. The van der Waals surface area contributed by atoms with Gasteiger partial charge in [0.2, 0.25) is 0 Å². The van der Waals surface area contributed by atoms with Gasteiger partial charge in [-0.05, 0) is 37.3 Å². The number of halogens is 1. The Bertz CT molecular complexity index is 825. The molecule has 2 amide bonds. The van der Waals surface area contributed by atoms with Crippen molar-refractivity contribution in [3.05, 3.63) is 24.8 Å². The van der Waals surface area contributed by atoms with Crippen LogP contribution in [0.4, 0.5) is 15.4 Å². The maximum absolute atomic E-state index is 12.0. The first-order valence-electron chi connectivity index (χ1n) is 8.64. The van der Waals surface area contributed by atoms with Crippen LogP contribution in [-0.2, 0) is 0 Å². The first-order chi connectivity index (χ1) is 13.5. The lowest BCUT2D eigenvalue weighted by atomic mass is 9.90. The van der Waals surface area contributed by atoms with E-state index < -0.39 is 11.5 Å². The van der Waals surface area contributed by atoms with Gasteiger partial charge in [-0.15, -0.1) is 0 Å². The summed E-state index contributed by atoms with van der Waals surface area (Å²) in [6.45, 7) is 0. The van der Waals surface area contributed by atoms with Crippen molar-refractivity contribution < 1.29 is 19.4 Å². The second kappa shape index (κ2) is 8.79. The van der Waals surface area contributed by atoms with Crippen LogP contribution < -0.4 is 15.0 Å². The lowest BCUT2D eigenvalue weighted by Crippen LogP contribution is -2.45. The molecular formula is C17H19ClN6O4. The molecule has 0 atom stereocenters. The number of carbonyl (C=O) groups excluding carboxylic acids is 1. The third-order valence-corrected chi connectivity index (χ3v) is 4.75. The first kappa shape index (κ1) is 19.7. The van der Waals surface area contributed by atoms with Gasteiger partial charge in [-0.2, -0.15) is 0 Å². The highest BCUT2D eigenvalue weighted by Gasteiger charge is 2.30. The molecule has 28 heavy (non-hydrogen) atoms. The van der Waals surface area contributed by atoms with E-state index in [1.807, 2.05) is 0 Å². The quantitative estimate of drug-likeness (QED) is 0.572. The molecular weight excluding hydrogens is 388 g/mol. The summed E-state index contributed by atoms with van der Waals surface area (Å²) in [6, 6.07) is -0.0360. The summed E-state index contributed by atoms with van der Waals surface area (Å²) in [6.07, 6.45) is 7.54. The Balaban J connectivity index is 1.72. The number of hydrogen-bond donors (Lipinski definition) is 2. The maximum atomic E-state index is 12.0. The van der Waals surface area contributed by atoms with Crippen molar-refractivity contribution in [2.45, 2.75) is 37.8 Å². The van der Waals surface area contributed by atoms with E-state index in [9.17, 15) is 9.59 Å². The van der Waals surface area contributed by atoms with Crippen LogP contribution in [-0.4, -0.2) is 55.7 Å². The minimum Gasteiger partial charge on any atom is -0.467 e. The molecule has 0 aromatic carbocycles. The molecule has 0 bridgehead atoms. The molecule has 0 spiro atoms. The van der Waals surface area contributed by atoms with Crippen LogP contribution in [0.15, 0.2) is 24.8 Å². The van der Waals surface area contributed by atoms with Crippen molar-refractivity contribution in [2.24, 2.45) is 0 Å². The average molecular weight is 407 g/mol. The number of carboxylic acid groups (broad SMARTS) is 1. The highest BCUT2D eigenvalue weighted by Crippen LogP contribution is 2.28. The Labute approximate surface area is 165 Å². The van der Waals surface area contributed by atoms with E-state index in [0.717, 1.165) is 0 Å². The van der Waals surface area contributed by atoms with Crippen LogP contribution in [0.25, 0.3) is 11.3 Å². The molecule has 1 aliphatic carbocycles. The number of nitrogens with zero attached hydrogens (tertiary/aromatic N) is 5. The van der Waals surface area contributed by atoms with Crippen molar-refractivity contribution in [3.8, 4) is 17.3 Å². The van der Waals surface area contributed by atoms with E-state index in [4.69, 9.17) is 21.4 Å². The van der Waals surface area contributed by atoms with Gasteiger partial charge >= 0.3 is 17.5 Å². The number of ether oxygens (including phenoxy) is 1. The first-order valence-corrected chi connectivity index (χ1v) is 9.02.